The fourth-order valence-corrected chi connectivity index (χ4v) is 3.97. The van der Waals surface area contributed by atoms with Crippen LogP contribution in [-0.4, -0.2) is 34.6 Å². The highest BCUT2D eigenvalue weighted by Gasteiger charge is 2.18. The molecule has 1 saturated heterocycles. The van der Waals surface area contributed by atoms with Crippen molar-refractivity contribution in [2.24, 2.45) is 0 Å². The molecule has 0 amide bonds. The topological polar surface area (TPSA) is 60.2 Å². The predicted octanol–water partition coefficient (Wildman–Crippen LogP) is 2.51. The summed E-state index contributed by atoms with van der Waals surface area (Å²) in [4.78, 5) is 4.42. The number of nitrogens with one attached hydrogen (secondary N) is 1. The molecular formula is C14H23N3O2S. The molecule has 20 heavy (non-hydrogen) atoms. The molecule has 3 rings (SSSR count). The van der Waals surface area contributed by atoms with E-state index < -0.39 is 0 Å². The van der Waals surface area contributed by atoms with Crippen LogP contribution in [0.15, 0.2) is 4.52 Å². The lowest BCUT2D eigenvalue weighted by Crippen LogP contribution is -2.32. The summed E-state index contributed by atoms with van der Waals surface area (Å²) in [6, 6.07) is 0. The first-order valence-corrected chi connectivity index (χ1v) is 8.70. The Bertz CT molecular complexity index is 401. The molecule has 2 aliphatic rings. The SMILES string of the molecule is C1CCC(SCc2noc(COC3CCNCC3)n2)C1. The normalized spacial score (nSPS) is 21.6. The third kappa shape index (κ3) is 4.20. The molecule has 0 bridgehead atoms. The van der Waals surface area contributed by atoms with E-state index in [0.717, 1.165) is 42.8 Å². The zero-order chi connectivity index (χ0) is 13.6. The summed E-state index contributed by atoms with van der Waals surface area (Å²) in [6.45, 7) is 2.53. The maximum Gasteiger partial charge on any atom is 0.252 e. The van der Waals surface area contributed by atoms with Gasteiger partial charge in [0, 0.05) is 5.25 Å². The van der Waals surface area contributed by atoms with E-state index in [1.165, 1.54) is 25.7 Å². The zero-order valence-electron chi connectivity index (χ0n) is 11.8. The van der Waals surface area contributed by atoms with Gasteiger partial charge in [-0.25, -0.2) is 0 Å². The van der Waals surface area contributed by atoms with E-state index in [9.17, 15) is 0 Å². The predicted molar refractivity (Wildman–Crippen MR) is 78.5 cm³/mol. The molecule has 2 heterocycles. The molecule has 1 aromatic heterocycles. The van der Waals surface area contributed by atoms with Crippen molar-refractivity contribution in [2.75, 3.05) is 13.1 Å². The van der Waals surface area contributed by atoms with Crippen LogP contribution in [0.25, 0.3) is 0 Å². The summed E-state index contributed by atoms with van der Waals surface area (Å²) >= 11 is 1.96. The number of rotatable bonds is 6. The number of aromatic nitrogens is 2. The summed E-state index contributed by atoms with van der Waals surface area (Å²) in [6.07, 6.45) is 7.90. The van der Waals surface area contributed by atoms with Gasteiger partial charge < -0.3 is 14.6 Å². The summed E-state index contributed by atoms with van der Waals surface area (Å²) in [7, 11) is 0. The second-order valence-electron chi connectivity index (χ2n) is 5.58. The molecule has 2 fully saturated rings. The second kappa shape index (κ2) is 7.43. The maximum absolute atomic E-state index is 5.82. The minimum absolute atomic E-state index is 0.333. The van der Waals surface area contributed by atoms with Crippen molar-refractivity contribution in [1.82, 2.24) is 15.5 Å². The van der Waals surface area contributed by atoms with Gasteiger partial charge in [0.15, 0.2) is 5.82 Å². The lowest BCUT2D eigenvalue weighted by Gasteiger charge is -2.21. The van der Waals surface area contributed by atoms with Gasteiger partial charge in [0.2, 0.25) is 0 Å². The Kier molecular flexibility index (Phi) is 5.33. The van der Waals surface area contributed by atoms with Gasteiger partial charge in [-0.3, -0.25) is 0 Å². The quantitative estimate of drug-likeness (QED) is 0.870. The number of nitrogens with zero attached hydrogens (tertiary/aromatic N) is 2. The van der Waals surface area contributed by atoms with Crippen LogP contribution in [0.3, 0.4) is 0 Å². The molecule has 0 atom stereocenters. The van der Waals surface area contributed by atoms with Crippen molar-refractivity contribution in [3.63, 3.8) is 0 Å². The molecule has 1 aliphatic heterocycles. The Morgan fingerprint density at radius 3 is 2.80 bits per heavy atom. The first-order chi connectivity index (χ1) is 9.90. The Labute approximate surface area is 124 Å². The molecule has 1 N–H and O–H groups in total. The first kappa shape index (κ1) is 14.4. The number of hydrogen-bond acceptors (Lipinski definition) is 6. The fourth-order valence-electron chi connectivity index (χ4n) is 2.81. The third-order valence-corrected chi connectivity index (χ3v) is 5.36. The number of hydrogen-bond donors (Lipinski definition) is 1. The molecule has 112 valence electrons. The van der Waals surface area contributed by atoms with Crippen molar-refractivity contribution in [3.8, 4) is 0 Å². The van der Waals surface area contributed by atoms with E-state index in [0.29, 0.717) is 18.6 Å². The van der Waals surface area contributed by atoms with Crippen molar-refractivity contribution in [3.05, 3.63) is 11.7 Å². The van der Waals surface area contributed by atoms with Gasteiger partial charge in [-0.1, -0.05) is 18.0 Å². The molecule has 0 spiro atoms. The molecule has 1 aromatic rings. The average molecular weight is 297 g/mol. The third-order valence-electron chi connectivity index (χ3n) is 3.99. The first-order valence-electron chi connectivity index (χ1n) is 7.65. The van der Waals surface area contributed by atoms with Crippen LogP contribution in [-0.2, 0) is 17.1 Å². The smallest absolute Gasteiger partial charge is 0.252 e. The van der Waals surface area contributed by atoms with E-state index in [1.54, 1.807) is 0 Å². The molecule has 0 radical (unpaired) electrons. The van der Waals surface area contributed by atoms with Crippen molar-refractivity contribution >= 4 is 11.8 Å². The summed E-state index contributed by atoms with van der Waals surface area (Å²) < 4.78 is 11.1. The number of ether oxygens (including phenoxy) is 1. The molecule has 0 aromatic carbocycles. The van der Waals surface area contributed by atoms with Crippen LogP contribution in [0.1, 0.15) is 50.2 Å². The standard InChI is InChI=1S/C14H23N3O2S/c1-2-4-12(3-1)20-10-13-16-14(19-17-13)9-18-11-5-7-15-8-6-11/h11-12,15H,1-10H2. The molecule has 5 nitrogen and oxygen atoms in total. The lowest BCUT2D eigenvalue weighted by molar-refractivity contribution is 0.00859. The number of piperidine rings is 1. The molecule has 6 heteroatoms. The van der Waals surface area contributed by atoms with E-state index in [-0.39, 0.29) is 0 Å². The highest BCUT2D eigenvalue weighted by atomic mass is 32.2. The van der Waals surface area contributed by atoms with Crippen molar-refractivity contribution in [1.29, 1.82) is 0 Å². The van der Waals surface area contributed by atoms with E-state index >= 15 is 0 Å². The van der Waals surface area contributed by atoms with Gasteiger partial charge in [0.05, 0.1) is 11.9 Å². The van der Waals surface area contributed by atoms with E-state index in [2.05, 4.69) is 15.5 Å². The van der Waals surface area contributed by atoms with Gasteiger partial charge in [-0.2, -0.15) is 16.7 Å². The maximum atomic E-state index is 5.82. The lowest BCUT2D eigenvalue weighted by atomic mass is 10.1. The van der Waals surface area contributed by atoms with Crippen LogP contribution < -0.4 is 5.32 Å². The average Bonchev–Trinajstić information content (AvgIpc) is 3.16. The Morgan fingerprint density at radius 2 is 2.00 bits per heavy atom. The minimum Gasteiger partial charge on any atom is -0.368 e. The minimum atomic E-state index is 0.333. The molecule has 0 unspecified atom stereocenters. The summed E-state index contributed by atoms with van der Waals surface area (Å²) in [5, 5.41) is 8.16. The van der Waals surface area contributed by atoms with Gasteiger partial charge in [0.25, 0.3) is 5.89 Å². The van der Waals surface area contributed by atoms with Crippen LogP contribution >= 0.6 is 11.8 Å². The van der Waals surface area contributed by atoms with Gasteiger partial charge in [-0.05, 0) is 38.8 Å². The molecular weight excluding hydrogens is 274 g/mol. The summed E-state index contributed by atoms with van der Waals surface area (Å²) in [5.74, 6) is 2.29. The molecule has 1 aliphatic carbocycles. The fraction of sp³-hybridized carbons (Fsp3) is 0.857. The zero-order valence-corrected chi connectivity index (χ0v) is 12.7. The van der Waals surface area contributed by atoms with Gasteiger partial charge in [-0.15, -0.1) is 0 Å². The highest BCUT2D eigenvalue weighted by molar-refractivity contribution is 7.99. The van der Waals surface area contributed by atoms with E-state index in [4.69, 9.17) is 9.26 Å². The Hall–Kier alpha value is -0.590. The van der Waals surface area contributed by atoms with Crippen molar-refractivity contribution < 1.29 is 9.26 Å². The Morgan fingerprint density at radius 1 is 1.20 bits per heavy atom. The highest BCUT2D eigenvalue weighted by Crippen LogP contribution is 2.30. The Balaban J connectivity index is 1.39. The monoisotopic (exact) mass is 297 g/mol. The van der Waals surface area contributed by atoms with E-state index in [1.807, 2.05) is 11.8 Å². The van der Waals surface area contributed by atoms with Crippen LogP contribution in [0.2, 0.25) is 0 Å². The van der Waals surface area contributed by atoms with Crippen LogP contribution in [0, 0.1) is 0 Å². The van der Waals surface area contributed by atoms with Crippen LogP contribution in [0.4, 0.5) is 0 Å². The second-order valence-corrected chi connectivity index (χ2v) is 6.87. The van der Waals surface area contributed by atoms with Gasteiger partial charge in [0.1, 0.15) is 6.61 Å². The number of thioether (sulfide) groups is 1. The largest absolute Gasteiger partial charge is 0.368 e. The van der Waals surface area contributed by atoms with Crippen LogP contribution in [0.5, 0.6) is 0 Å². The molecule has 1 saturated carbocycles. The van der Waals surface area contributed by atoms with Gasteiger partial charge >= 0.3 is 0 Å². The summed E-state index contributed by atoms with van der Waals surface area (Å²) in [5.41, 5.74) is 0. The van der Waals surface area contributed by atoms with Crippen molar-refractivity contribution in [2.45, 2.75) is 62.2 Å².